The van der Waals surface area contributed by atoms with Crippen LogP contribution in [0.3, 0.4) is 0 Å². The van der Waals surface area contributed by atoms with Gasteiger partial charge in [-0.1, -0.05) is 0 Å². The highest BCUT2D eigenvalue weighted by atomic mass is 32.3. The lowest BCUT2D eigenvalue weighted by Gasteiger charge is -2.31. The molecule has 3 heteroatoms. The average molecular weight is 124 g/mol. The van der Waals surface area contributed by atoms with Crippen molar-refractivity contribution in [1.82, 2.24) is 0 Å². The van der Waals surface area contributed by atoms with Crippen LogP contribution in [0, 0.1) is 0 Å². The van der Waals surface area contributed by atoms with E-state index in [-0.39, 0.29) is 0 Å². The molecule has 0 radical (unpaired) electrons. The van der Waals surface area contributed by atoms with E-state index in [0.29, 0.717) is 5.75 Å². The van der Waals surface area contributed by atoms with Crippen LogP contribution in [0.5, 0.6) is 0 Å². The minimum absolute atomic E-state index is 0.344. The smallest absolute Gasteiger partial charge is 0.0307 e. The van der Waals surface area contributed by atoms with Crippen LogP contribution in [0.4, 0.5) is 0 Å². The molecule has 0 fully saturated rings. The number of hydrogen-bond donors (Lipinski definition) is 1. The third kappa shape index (κ3) is 6.11. The van der Waals surface area contributed by atoms with E-state index >= 15 is 0 Å². The molecule has 46 valence electrons. The summed E-state index contributed by atoms with van der Waals surface area (Å²) < 4.78 is 19.6. The monoisotopic (exact) mass is 124 g/mol. The Morgan fingerprint density at radius 2 is 1.71 bits per heavy atom. The summed E-state index contributed by atoms with van der Waals surface area (Å²) >= 11 is 0. The molecule has 0 aromatic rings. The molecule has 0 bridgehead atoms. The summed E-state index contributed by atoms with van der Waals surface area (Å²) in [6, 6.07) is 0. The first-order chi connectivity index (χ1) is 2.81. The van der Waals surface area contributed by atoms with Crippen LogP contribution in [-0.4, -0.2) is 27.0 Å². The fourth-order valence-corrected chi connectivity index (χ4v) is 0. The second-order valence-electron chi connectivity index (χ2n) is 2.29. The van der Waals surface area contributed by atoms with Crippen LogP contribution in [0.15, 0.2) is 0 Å². The van der Waals surface area contributed by atoms with E-state index in [4.69, 9.17) is 4.55 Å². The molecule has 0 aliphatic heterocycles. The maximum Gasteiger partial charge on any atom is 0.0307 e. The van der Waals surface area contributed by atoms with Crippen LogP contribution in [-0.2, 0) is 9.35 Å². The average Bonchev–Trinajstić information content (AvgIpc) is 1.32. The van der Waals surface area contributed by atoms with Gasteiger partial charge in [-0.15, -0.1) is 0 Å². The van der Waals surface area contributed by atoms with Gasteiger partial charge in [0.15, 0.2) is 0 Å². The maximum absolute atomic E-state index is 10.7. The molecule has 0 aromatic heterocycles. The van der Waals surface area contributed by atoms with E-state index in [9.17, 15) is 4.21 Å². The molecule has 0 aromatic carbocycles. The molecule has 0 aliphatic carbocycles. The molecule has 7 heavy (non-hydrogen) atoms. The summed E-state index contributed by atoms with van der Waals surface area (Å²) in [6.45, 7) is 1.70. The van der Waals surface area contributed by atoms with Crippen molar-refractivity contribution in [3.8, 4) is 0 Å². The lowest BCUT2D eigenvalue weighted by molar-refractivity contribution is 0.528. The summed E-state index contributed by atoms with van der Waals surface area (Å²) in [4.78, 5) is 0. The van der Waals surface area contributed by atoms with Crippen molar-refractivity contribution in [3.63, 3.8) is 0 Å². The Balaban J connectivity index is 4.14. The van der Waals surface area contributed by atoms with Gasteiger partial charge in [0.1, 0.15) is 0 Å². The Bertz CT molecular complexity index is 111. The summed E-state index contributed by atoms with van der Waals surface area (Å²) in [5, 5.41) is 0. The predicted octanol–water partition coefficient (Wildman–Crippen LogP) is 0.559. The van der Waals surface area contributed by atoms with E-state index in [1.54, 1.807) is 6.92 Å². The molecule has 0 atom stereocenters. The zero-order valence-electron chi connectivity index (χ0n) is 4.97. The minimum atomic E-state index is -3.12. The molecule has 0 unspecified atom stereocenters. The molecule has 0 amide bonds. The Morgan fingerprint density at radius 1 is 1.57 bits per heavy atom. The van der Waals surface area contributed by atoms with Crippen LogP contribution < -0.4 is 0 Å². The van der Waals surface area contributed by atoms with E-state index in [2.05, 4.69) is 0 Å². The van der Waals surface area contributed by atoms with Gasteiger partial charge in [-0.25, -0.2) is 4.21 Å². The quantitative estimate of drug-likeness (QED) is 0.554. The maximum atomic E-state index is 10.7. The lowest BCUT2D eigenvalue weighted by atomic mass is 11.0. The van der Waals surface area contributed by atoms with Crippen molar-refractivity contribution in [3.05, 3.63) is 0 Å². The van der Waals surface area contributed by atoms with Gasteiger partial charge in [0.25, 0.3) is 0 Å². The first-order valence-electron chi connectivity index (χ1n) is 2.16. The second-order valence-corrected chi connectivity index (χ2v) is 6.88. The summed E-state index contributed by atoms with van der Waals surface area (Å²) in [7, 11) is -3.12. The predicted molar refractivity (Wildman–Crippen MR) is 33.2 cm³/mol. The van der Waals surface area contributed by atoms with Crippen LogP contribution in [0.2, 0.25) is 0 Å². The van der Waals surface area contributed by atoms with Crippen molar-refractivity contribution in [2.24, 2.45) is 0 Å². The van der Waals surface area contributed by atoms with Crippen molar-refractivity contribution < 1.29 is 8.76 Å². The van der Waals surface area contributed by atoms with E-state index in [1.807, 2.05) is 0 Å². The normalized spacial score (nSPS) is 18.0. The fraction of sp³-hybridized carbons (Fsp3) is 1.00. The lowest BCUT2D eigenvalue weighted by Crippen LogP contribution is -2.30. The fourth-order valence-electron chi connectivity index (χ4n) is 0. The Hall–Kier alpha value is 0.110. The number of rotatable bonds is 1. The standard InChI is InChI=1S/C4H12O2S/c1-4-7(2,3,5)6/h4H2,1-3H3,(H,5,6). The summed E-state index contributed by atoms with van der Waals surface area (Å²) in [6.07, 6.45) is 2.74. The van der Waals surface area contributed by atoms with Crippen LogP contribution in [0.25, 0.3) is 0 Å². The van der Waals surface area contributed by atoms with Crippen LogP contribution >= 0.6 is 0 Å². The Labute approximate surface area is 44.1 Å². The van der Waals surface area contributed by atoms with E-state index in [0.717, 1.165) is 0 Å². The largest absolute Gasteiger partial charge is 0.303 e. The molecular formula is C4H12O2S. The van der Waals surface area contributed by atoms with E-state index in [1.165, 1.54) is 12.5 Å². The third-order valence-electron chi connectivity index (χ3n) is 0.824. The SMILES string of the molecule is CCS(C)(C)(=O)O. The molecule has 0 spiro atoms. The highest BCUT2D eigenvalue weighted by Gasteiger charge is 2.07. The second kappa shape index (κ2) is 1.29. The molecule has 1 N–H and O–H groups in total. The summed E-state index contributed by atoms with van der Waals surface area (Å²) in [5.74, 6) is 0.344. The molecule has 0 rings (SSSR count). The van der Waals surface area contributed by atoms with Crippen molar-refractivity contribution in [2.75, 3.05) is 18.3 Å². The molecule has 0 saturated carbocycles. The van der Waals surface area contributed by atoms with Gasteiger partial charge < -0.3 is 4.55 Å². The van der Waals surface area contributed by atoms with Crippen molar-refractivity contribution in [2.45, 2.75) is 6.92 Å². The first kappa shape index (κ1) is 7.11. The van der Waals surface area contributed by atoms with Gasteiger partial charge in [0, 0.05) is 18.3 Å². The van der Waals surface area contributed by atoms with Gasteiger partial charge in [-0.2, -0.15) is 9.35 Å². The molecule has 0 saturated heterocycles. The van der Waals surface area contributed by atoms with Gasteiger partial charge in [-0.05, 0) is 6.92 Å². The summed E-state index contributed by atoms with van der Waals surface area (Å²) in [5.41, 5.74) is 0. The minimum Gasteiger partial charge on any atom is -0.303 e. The molecule has 2 nitrogen and oxygen atoms in total. The van der Waals surface area contributed by atoms with Crippen LogP contribution in [0.1, 0.15) is 6.92 Å². The molecular weight excluding hydrogens is 112 g/mol. The highest BCUT2D eigenvalue weighted by Crippen LogP contribution is 2.08. The van der Waals surface area contributed by atoms with Gasteiger partial charge in [0.05, 0.1) is 0 Å². The van der Waals surface area contributed by atoms with Crippen molar-refractivity contribution >= 4 is 9.35 Å². The third-order valence-corrected chi connectivity index (χ3v) is 2.47. The number of hydrogen-bond acceptors (Lipinski definition) is 1. The molecule has 0 heterocycles. The topological polar surface area (TPSA) is 37.3 Å². The first-order valence-corrected chi connectivity index (χ1v) is 5.07. The van der Waals surface area contributed by atoms with E-state index < -0.39 is 9.35 Å². The highest BCUT2D eigenvalue weighted by molar-refractivity contribution is 8.13. The molecule has 0 aliphatic rings. The van der Waals surface area contributed by atoms with Gasteiger partial charge >= 0.3 is 0 Å². The Morgan fingerprint density at radius 3 is 1.71 bits per heavy atom. The zero-order chi connectivity index (χ0) is 6.15. The van der Waals surface area contributed by atoms with Gasteiger partial charge in [0.2, 0.25) is 0 Å². The zero-order valence-corrected chi connectivity index (χ0v) is 5.79. The van der Waals surface area contributed by atoms with Crippen molar-refractivity contribution in [1.29, 1.82) is 0 Å². The Kier molecular flexibility index (Phi) is 1.31. The van der Waals surface area contributed by atoms with Gasteiger partial charge in [-0.3, -0.25) is 0 Å².